The maximum atomic E-state index is 12.8. The number of nitrogens with zero attached hydrogens (tertiary/aromatic N) is 1. The lowest BCUT2D eigenvalue weighted by molar-refractivity contribution is -0.132. The quantitative estimate of drug-likeness (QED) is 0.622. The van der Waals surface area contributed by atoms with Crippen molar-refractivity contribution in [3.8, 4) is 11.5 Å². The second-order valence-electron chi connectivity index (χ2n) is 6.38. The summed E-state index contributed by atoms with van der Waals surface area (Å²) in [4.78, 5) is 27.5. The number of halogens is 1. The number of carbonyl (C=O) groups is 2. The summed E-state index contributed by atoms with van der Waals surface area (Å²) in [7, 11) is 3.22. The topological polar surface area (TPSA) is 55.8 Å². The molecule has 1 aromatic carbocycles. The molecule has 1 aliphatic rings. The molecule has 1 amide bonds. The SMILES string of the molecule is COc1ccc([C@@H]2CCCN2C(=O)CCC(=O)c2ccc(Cl)s2)c(OC)c1. The van der Waals surface area contributed by atoms with E-state index in [0.29, 0.717) is 27.3 Å². The number of amides is 1. The summed E-state index contributed by atoms with van der Waals surface area (Å²) in [6.45, 7) is 0.692. The minimum absolute atomic E-state index is 0.00799. The lowest BCUT2D eigenvalue weighted by Gasteiger charge is -2.26. The summed E-state index contributed by atoms with van der Waals surface area (Å²) in [5, 5.41) is 0. The number of ether oxygens (including phenoxy) is 2. The summed E-state index contributed by atoms with van der Waals surface area (Å²) in [6.07, 6.45) is 2.20. The molecule has 1 aromatic heterocycles. The number of hydrogen-bond acceptors (Lipinski definition) is 5. The Morgan fingerprint density at radius 2 is 2.00 bits per heavy atom. The lowest BCUT2D eigenvalue weighted by Crippen LogP contribution is -2.31. The molecule has 144 valence electrons. The van der Waals surface area contributed by atoms with Crippen molar-refractivity contribution < 1.29 is 19.1 Å². The van der Waals surface area contributed by atoms with Crippen LogP contribution in [-0.4, -0.2) is 37.4 Å². The molecule has 0 saturated carbocycles. The second-order valence-corrected chi connectivity index (χ2v) is 8.10. The van der Waals surface area contributed by atoms with Crippen LogP contribution in [0.3, 0.4) is 0 Å². The summed E-state index contributed by atoms with van der Waals surface area (Å²) in [5.41, 5.74) is 0.973. The van der Waals surface area contributed by atoms with E-state index in [0.717, 1.165) is 18.4 Å². The van der Waals surface area contributed by atoms with Crippen molar-refractivity contribution in [2.45, 2.75) is 31.7 Å². The molecule has 1 fully saturated rings. The maximum absolute atomic E-state index is 12.8. The van der Waals surface area contributed by atoms with Gasteiger partial charge < -0.3 is 14.4 Å². The predicted octanol–water partition coefficient (Wildman–Crippen LogP) is 4.75. The first-order chi connectivity index (χ1) is 13.0. The minimum atomic E-state index is -0.0435. The first-order valence-corrected chi connectivity index (χ1v) is 10.0. The molecule has 0 bridgehead atoms. The molecule has 27 heavy (non-hydrogen) atoms. The Bertz CT molecular complexity index is 835. The smallest absolute Gasteiger partial charge is 0.223 e. The largest absolute Gasteiger partial charge is 0.497 e. The molecule has 1 aliphatic heterocycles. The fourth-order valence-corrected chi connectivity index (χ4v) is 4.44. The molecule has 0 spiro atoms. The average Bonchev–Trinajstić information content (AvgIpc) is 3.34. The van der Waals surface area contributed by atoms with E-state index in [2.05, 4.69) is 0 Å². The molecule has 0 aliphatic carbocycles. The summed E-state index contributed by atoms with van der Waals surface area (Å²) < 4.78 is 11.3. The highest BCUT2D eigenvalue weighted by atomic mass is 35.5. The van der Waals surface area contributed by atoms with E-state index in [1.165, 1.54) is 11.3 Å². The van der Waals surface area contributed by atoms with Gasteiger partial charge in [0.1, 0.15) is 11.5 Å². The number of ketones is 1. The van der Waals surface area contributed by atoms with Crippen molar-refractivity contribution in [3.05, 3.63) is 45.1 Å². The number of likely N-dealkylation sites (tertiary alicyclic amines) is 1. The van der Waals surface area contributed by atoms with Gasteiger partial charge in [-0.2, -0.15) is 0 Å². The van der Waals surface area contributed by atoms with Crippen LogP contribution in [0.1, 0.15) is 47.0 Å². The third-order valence-corrected chi connectivity index (χ3v) is 6.06. The number of benzene rings is 1. The Hall–Kier alpha value is -2.05. The molecule has 2 heterocycles. The fraction of sp³-hybridized carbons (Fsp3) is 0.400. The molecule has 1 saturated heterocycles. The number of thiophene rings is 1. The van der Waals surface area contributed by atoms with Crippen molar-refractivity contribution in [2.24, 2.45) is 0 Å². The third-order valence-electron chi connectivity index (χ3n) is 4.79. The van der Waals surface area contributed by atoms with Crippen LogP contribution >= 0.6 is 22.9 Å². The first kappa shape index (κ1) is 19.7. The van der Waals surface area contributed by atoms with Crippen molar-refractivity contribution >= 4 is 34.6 Å². The zero-order valence-corrected chi connectivity index (χ0v) is 16.9. The molecule has 0 N–H and O–H groups in total. The number of rotatable bonds is 7. The average molecular weight is 408 g/mol. The van der Waals surface area contributed by atoms with E-state index in [-0.39, 0.29) is 30.6 Å². The van der Waals surface area contributed by atoms with Gasteiger partial charge >= 0.3 is 0 Å². The number of carbonyl (C=O) groups excluding carboxylic acids is 2. The molecule has 5 nitrogen and oxygen atoms in total. The van der Waals surface area contributed by atoms with Crippen LogP contribution in [0, 0.1) is 0 Å². The fourth-order valence-electron chi connectivity index (χ4n) is 3.43. The number of methoxy groups -OCH3 is 2. The van der Waals surface area contributed by atoms with Gasteiger partial charge in [-0.25, -0.2) is 0 Å². The summed E-state index contributed by atoms with van der Waals surface area (Å²) in [6, 6.07) is 9.04. The van der Waals surface area contributed by atoms with E-state index in [1.807, 2.05) is 23.1 Å². The zero-order valence-electron chi connectivity index (χ0n) is 15.4. The van der Waals surface area contributed by atoms with Gasteiger partial charge in [0.25, 0.3) is 0 Å². The Labute approximate surface area is 167 Å². The lowest BCUT2D eigenvalue weighted by atomic mass is 10.0. The Morgan fingerprint density at radius 1 is 1.19 bits per heavy atom. The van der Waals surface area contributed by atoms with Crippen LogP contribution in [0.15, 0.2) is 30.3 Å². The monoisotopic (exact) mass is 407 g/mol. The zero-order chi connectivity index (χ0) is 19.4. The Morgan fingerprint density at radius 3 is 2.67 bits per heavy atom. The molecule has 7 heteroatoms. The van der Waals surface area contributed by atoms with E-state index in [1.54, 1.807) is 26.4 Å². The molecule has 0 unspecified atom stereocenters. The molecular formula is C20H22ClNO4S. The Kier molecular flexibility index (Phi) is 6.39. The predicted molar refractivity (Wildman–Crippen MR) is 106 cm³/mol. The molecule has 3 rings (SSSR count). The van der Waals surface area contributed by atoms with Crippen LogP contribution in [0.25, 0.3) is 0 Å². The third kappa shape index (κ3) is 4.45. The van der Waals surface area contributed by atoms with E-state index < -0.39 is 0 Å². The molecular weight excluding hydrogens is 386 g/mol. The highest BCUT2D eigenvalue weighted by Crippen LogP contribution is 2.39. The highest BCUT2D eigenvalue weighted by molar-refractivity contribution is 7.18. The second kappa shape index (κ2) is 8.76. The first-order valence-electron chi connectivity index (χ1n) is 8.83. The number of Topliss-reactive ketones (excluding diaryl/α,β-unsaturated/α-hetero) is 1. The number of hydrogen-bond donors (Lipinski definition) is 0. The van der Waals surface area contributed by atoms with Gasteiger partial charge in [0.05, 0.1) is 29.5 Å². The van der Waals surface area contributed by atoms with Crippen LogP contribution < -0.4 is 9.47 Å². The summed E-state index contributed by atoms with van der Waals surface area (Å²) >= 11 is 7.13. The minimum Gasteiger partial charge on any atom is -0.497 e. The van der Waals surface area contributed by atoms with Gasteiger partial charge in [-0.3, -0.25) is 9.59 Å². The van der Waals surface area contributed by atoms with Crippen LogP contribution in [0.5, 0.6) is 11.5 Å². The van der Waals surface area contributed by atoms with Gasteiger partial charge in [0.2, 0.25) is 5.91 Å². The van der Waals surface area contributed by atoms with Gasteiger partial charge in [-0.1, -0.05) is 11.6 Å². The van der Waals surface area contributed by atoms with E-state index >= 15 is 0 Å². The highest BCUT2D eigenvalue weighted by Gasteiger charge is 2.32. The van der Waals surface area contributed by atoms with Crippen molar-refractivity contribution in [3.63, 3.8) is 0 Å². The maximum Gasteiger partial charge on any atom is 0.223 e. The van der Waals surface area contributed by atoms with Crippen molar-refractivity contribution in [2.75, 3.05) is 20.8 Å². The molecule has 0 radical (unpaired) electrons. The Balaban J connectivity index is 1.68. The molecule has 1 atom stereocenters. The van der Waals surface area contributed by atoms with E-state index in [9.17, 15) is 9.59 Å². The van der Waals surface area contributed by atoms with Gasteiger partial charge in [0, 0.05) is 31.0 Å². The standard InChI is InChI=1S/C20H22ClNO4S/c1-25-13-5-6-14(17(12-13)26-2)15-4-3-11-22(15)20(24)10-7-16(23)18-8-9-19(21)27-18/h5-6,8-9,12,15H,3-4,7,10-11H2,1-2H3/t15-/m0/s1. The van der Waals surface area contributed by atoms with Crippen LogP contribution in [-0.2, 0) is 4.79 Å². The van der Waals surface area contributed by atoms with Crippen molar-refractivity contribution in [1.82, 2.24) is 4.90 Å². The van der Waals surface area contributed by atoms with Gasteiger partial charge in [-0.05, 0) is 37.1 Å². The van der Waals surface area contributed by atoms with Gasteiger partial charge in [0.15, 0.2) is 5.78 Å². The van der Waals surface area contributed by atoms with Gasteiger partial charge in [-0.15, -0.1) is 11.3 Å². The van der Waals surface area contributed by atoms with Crippen LogP contribution in [0.2, 0.25) is 4.34 Å². The van der Waals surface area contributed by atoms with E-state index in [4.69, 9.17) is 21.1 Å². The summed E-state index contributed by atoms with van der Waals surface area (Å²) in [5.74, 6) is 1.37. The van der Waals surface area contributed by atoms with Crippen molar-refractivity contribution in [1.29, 1.82) is 0 Å². The normalized spacial score (nSPS) is 16.4. The molecule has 2 aromatic rings. The van der Waals surface area contributed by atoms with Crippen LogP contribution in [0.4, 0.5) is 0 Å².